The van der Waals surface area contributed by atoms with Gasteiger partial charge in [0.15, 0.2) is 0 Å². The highest BCUT2D eigenvalue weighted by Gasteiger charge is 2.24. The number of hydrogen-bond donors (Lipinski definition) is 1. The fraction of sp³-hybridized carbons (Fsp3) is 0.429. The van der Waals surface area contributed by atoms with Gasteiger partial charge in [-0.25, -0.2) is 0 Å². The Kier molecular flexibility index (Phi) is 0.904. The molecule has 1 saturated heterocycles. The number of furan rings is 1. The van der Waals surface area contributed by atoms with Crippen molar-refractivity contribution in [1.29, 1.82) is 0 Å². The summed E-state index contributed by atoms with van der Waals surface area (Å²) in [6, 6.07) is 4.54. The Hall–Kier alpha value is -0.760. The topological polar surface area (TPSA) is 35.1 Å². The lowest BCUT2D eigenvalue weighted by molar-refractivity contribution is 0.484. The van der Waals surface area contributed by atoms with Crippen LogP contribution in [-0.4, -0.2) is 6.54 Å². The predicted molar refractivity (Wildman–Crippen MR) is 34.2 cm³/mol. The van der Waals surface area contributed by atoms with Gasteiger partial charge in [0.25, 0.3) is 0 Å². The molecule has 9 heavy (non-hydrogen) atoms. The molecular formula is C7H9NO. The molecule has 48 valence electrons. The maximum Gasteiger partial charge on any atom is 0.122 e. The minimum Gasteiger partial charge on any atom is -0.465 e. The molecule has 0 aliphatic carbocycles. The van der Waals surface area contributed by atoms with E-state index in [0.29, 0.717) is 6.04 Å². The third kappa shape index (κ3) is 0.856. The van der Waals surface area contributed by atoms with Gasteiger partial charge >= 0.3 is 0 Å². The summed E-state index contributed by atoms with van der Waals surface area (Å²) < 4.78 is 5.34. The largest absolute Gasteiger partial charge is 0.465 e. The molecule has 2 heterocycles. The summed E-state index contributed by atoms with van der Waals surface area (Å²) in [5.74, 6) is 2.08. The van der Waals surface area contributed by atoms with Crippen LogP contribution in [0.4, 0.5) is 0 Å². The van der Waals surface area contributed by atoms with Crippen LogP contribution >= 0.6 is 0 Å². The first-order chi connectivity index (χ1) is 4.36. The molecule has 2 rings (SSSR count). The lowest BCUT2D eigenvalue weighted by Gasteiger charge is -1.84. The Morgan fingerprint density at radius 1 is 1.67 bits per heavy atom. The Morgan fingerprint density at radius 2 is 2.44 bits per heavy atom. The summed E-state index contributed by atoms with van der Waals surface area (Å²) in [5, 5.41) is 3.17. The first-order valence-electron chi connectivity index (χ1n) is 3.16. The van der Waals surface area contributed by atoms with E-state index in [1.165, 1.54) is 0 Å². The fourth-order valence-corrected chi connectivity index (χ4v) is 0.901. The van der Waals surface area contributed by atoms with Crippen molar-refractivity contribution in [3.63, 3.8) is 0 Å². The predicted octanol–water partition coefficient (Wildman–Crippen LogP) is 1.23. The van der Waals surface area contributed by atoms with Crippen LogP contribution in [0.15, 0.2) is 16.5 Å². The lowest BCUT2D eigenvalue weighted by atomic mass is 10.3. The number of rotatable bonds is 1. The van der Waals surface area contributed by atoms with Crippen LogP contribution in [0.3, 0.4) is 0 Å². The van der Waals surface area contributed by atoms with Crippen molar-refractivity contribution in [3.8, 4) is 0 Å². The quantitative estimate of drug-likeness (QED) is 0.570. The van der Waals surface area contributed by atoms with Crippen LogP contribution in [0.25, 0.3) is 0 Å². The Balaban J connectivity index is 2.28. The Bertz CT molecular complexity index is 212. The summed E-state index contributed by atoms with van der Waals surface area (Å²) >= 11 is 0. The molecule has 1 aromatic heterocycles. The van der Waals surface area contributed by atoms with E-state index in [1.807, 2.05) is 19.1 Å². The van der Waals surface area contributed by atoms with Gasteiger partial charge in [-0.05, 0) is 19.1 Å². The minimum absolute atomic E-state index is 0.513. The van der Waals surface area contributed by atoms with Gasteiger partial charge in [0.05, 0.1) is 6.04 Å². The van der Waals surface area contributed by atoms with Gasteiger partial charge in [-0.15, -0.1) is 0 Å². The molecule has 1 aromatic rings. The van der Waals surface area contributed by atoms with Gasteiger partial charge in [-0.3, -0.25) is 0 Å². The number of hydrogen-bond acceptors (Lipinski definition) is 2. The van der Waals surface area contributed by atoms with E-state index in [0.717, 1.165) is 18.1 Å². The molecule has 1 fully saturated rings. The third-order valence-electron chi connectivity index (χ3n) is 1.51. The molecular weight excluding hydrogens is 114 g/mol. The van der Waals surface area contributed by atoms with Crippen molar-refractivity contribution in [2.24, 2.45) is 0 Å². The minimum atomic E-state index is 0.513. The molecule has 0 radical (unpaired) electrons. The van der Waals surface area contributed by atoms with Crippen LogP contribution < -0.4 is 5.32 Å². The molecule has 1 aliphatic heterocycles. The van der Waals surface area contributed by atoms with Crippen molar-refractivity contribution in [2.45, 2.75) is 13.0 Å². The average Bonchev–Trinajstić information content (AvgIpc) is 2.58. The summed E-state index contributed by atoms with van der Waals surface area (Å²) in [7, 11) is 0. The summed E-state index contributed by atoms with van der Waals surface area (Å²) in [6.07, 6.45) is 0. The normalized spacial score (nSPS) is 24.3. The number of nitrogens with one attached hydrogen (secondary N) is 1. The van der Waals surface area contributed by atoms with Crippen LogP contribution in [0.1, 0.15) is 17.6 Å². The van der Waals surface area contributed by atoms with Crippen molar-refractivity contribution >= 4 is 0 Å². The highest BCUT2D eigenvalue weighted by atomic mass is 16.3. The molecule has 0 aromatic carbocycles. The third-order valence-corrected chi connectivity index (χ3v) is 1.51. The second-order valence-electron chi connectivity index (χ2n) is 2.41. The first kappa shape index (κ1) is 5.06. The molecule has 0 unspecified atom stereocenters. The van der Waals surface area contributed by atoms with E-state index < -0.39 is 0 Å². The first-order valence-corrected chi connectivity index (χ1v) is 3.16. The van der Waals surface area contributed by atoms with Crippen molar-refractivity contribution in [2.75, 3.05) is 6.54 Å². The van der Waals surface area contributed by atoms with Gasteiger partial charge in [0.1, 0.15) is 11.5 Å². The van der Waals surface area contributed by atoms with Gasteiger partial charge in [0.2, 0.25) is 0 Å². The molecule has 2 nitrogen and oxygen atoms in total. The standard InChI is InChI=1S/C7H9NO/c1-5-2-3-7(9-5)6-4-8-6/h2-3,6,8H,4H2,1H3/t6-/m1/s1. The van der Waals surface area contributed by atoms with E-state index in [9.17, 15) is 0 Å². The average molecular weight is 123 g/mol. The van der Waals surface area contributed by atoms with Crippen molar-refractivity contribution < 1.29 is 4.42 Å². The van der Waals surface area contributed by atoms with E-state index in [4.69, 9.17) is 4.42 Å². The van der Waals surface area contributed by atoms with E-state index >= 15 is 0 Å². The maximum absolute atomic E-state index is 5.34. The van der Waals surface area contributed by atoms with Crippen LogP contribution in [0.2, 0.25) is 0 Å². The maximum atomic E-state index is 5.34. The summed E-state index contributed by atoms with van der Waals surface area (Å²) in [6.45, 7) is 3.04. The highest BCUT2D eigenvalue weighted by Crippen LogP contribution is 2.22. The molecule has 0 bridgehead atoms. The van der Waals surface area contributed by atoms with E-state index in [1.54, 1.807) is 0 Å². The zero-order valence-corrected chi connectivity index (χ0v) is 5.35. The molecule has 1 N–H and O–H groups in total. The Morgan fingerprint density at radius 3 is 2.89 bits per heavy atom. The number of aryl methyl sites for hydroxylation is 1. The zero-order chi connectivity index (χ0) is 6.27. The SMILES string of the molecule is Cc1ccc([C@H]2CN2)o1. The molecule has 0 spiro atoms. The van der Waals surface area contributed by atoms with Gasteiger partial charge in [-0.2, -0.15) is 0 Å². The van der Waals surface area contributed by atoms with Gasteiger partial charge < -0.3 is 9.73 Å². The highest BCUT2D eigenvalue weighted by molar-refractivity contribution is 5.14. The Labute approximate surface area is 53.9 Å². The molecule has 1 aliphatic rings. The fourth-order valence-electron chi connectivity index (χ4n) is 0.901. The van der Waals surface area contributed by atoms with Crippen LogP contribution in [-0.2, 0) is 0 Å². The molecule has 0 amide bonds. The summed E-state index contributed by atoms with van der Waals surface area (Å²) in [5.41, 5.74) is 0. The van der Waals surface area contributed by atoms with E-state index in [2.05, 4.69) is 5.32 Å². The molecule has 2 heteroatoms. The monoisotopic (exact) mass is 123 g/mol. The van der Waals surface area contributed by atoms with Crippen molar-refractivity contribution in [3.05, 3.63) is 23.7 Å². The lowest BCUT2D eigenvalue weighted by Crippen LogP contribution is -1.76. The van der Waals surface area contributed by atoms with Crippen LogP contribution in [0, 0.1) is 6.92 Å². The second-order valence-corrected chi connectivity index (χ2v) is 2.41. The van der Waals surface area contributed by atoms with Gasteiger partial charge in [-0.1, -0.05) is 0 Å². The second kappa shape index (κ2) is 1.61. The smallest absolute Gasteiger partial charge is 0.122 e. The van der Waals surface area contributed by atoms with Crippen LogP contribution in [0.5, 0.6) is 0 Å². The molecule has 1 atom stereocenters. The van der Waals surface area contributed by atoms with Gasteiger partial charge in [0, 0.05) is 6.54 Å². The molecule has 0 saturated carbocycles. The zero-order valence-electron chi connectivity index (χ0n) is 5.35. The van der Waals surface area contributed by atoms with Crippen molar-refractivity contribution in [1.82, 2.24) is 5.32 Å². The van der Waals surface area contributed by atoms with E-state index in [-0.39, 0.29) is 0 Å². The summed E-state index contributed by atoms with van der Waals surface area (Å²) in [4.78, 5) is 0.